The number of hydrogen-bond acceptors (Lipinski definition) is 2. The maximum absolute atomic E-state index is 13.0. The number of allylic oxidation sites excluding steroid dienone is 1. The van der Waals surface area contributed by atoms with Crippen molar-refractivity contribution in [1.82, 2.24) is 0 Å². The molecule has 4 aliphatic carbocycles. The molecular weight excluding hydrogens is 425 g/mol. The molecule has 0 radical (unpaired) electrons. The fourth-order valence-corrected chi connectivity index (χ4v) is 8.89. The molecule has 0 aliphatic heterocycles. The van der Waals surface area contributed by atoms with Gasteiger partial charge in [-0.3, -0.25) is 0 Å². The van der Waals surface area contributed by atoms with E-state index in [1.807, 2.05) is 6.92 Å². The highest BCUT2D eigenvalue weighted by atomic mass is 19.4. The van der Waals surface area contributed by atoms with E-state index in [1.165, 1.54) is 31.3 Å². The van der Waals surface area contributed by atoms with Gasteiger partial charge in [0.1, 0.15) is 0 Å². The number of rotatable bonds is 5. The smallest absolute Gasteiger partial charge is 0.390 e. The molecule has 4 aliphatic rings. The second-order valence-electron chi connectivity index (χ2n) is 13.3. The summed E-state index contributed by atoms with van der Waals surface area (Å²) in [5.74, 6) is 3.03. The van der Waals surface area contributed by atoms with Crippen molar-refractivity contribution in [3.05, 3.63) is 11.6 Å². The van der Waals surface area contributed by atoms with Crippen LogP contribution >= 0.6 is 0 Å². The average molecular weight is 471 g/mol. The summed E-state index contributed by atoms with van der Waals surface area (Å²) in [4.78, 5) is 0. The van der Waals surface area contributed by atoms with Crippen molar-refractivity contribution < 1.29 is 23.4 Å². The van der Waals surface area contributed by atoms with E-state index < -0.39 is 17.4 Å². The minimum Gasteiger partial charge on any atom is -0.390 e. The summed E-state index contributed by atoms with van der Waals surface area (Å²) >= 11 is 0. The van der Waals surface area contributed by atoms with E-state index in [0.717, 1.165) is 39.0 Å². The molecule has 0 spiro atoms. The number of hydrogen-bond donors (Lipinski definition) is 2. The number of fused-ring (bicyclic) bond motifs is 5. The predicted molar refractivity (Wildman–Crippen MR) is 126 cm³/mol. The van der Waals surface area contributed by atoms with Crippen LogP contribution in [-0.4, -0.2) is 27.6 Å². The largest absolute Gasteiger partial charge is 0.416 e. The Balaban J connectivity index is 1.44. The Morgan fingerprint density at radius 2 is 1.76 bits per heavy atom. The minimum absolute atomic E-state index is 0.214. The molecule has 0 aromatic heterocycles. The van der Waals surface area contributed by atoms with E-state index in [9.17, 15) is 23.4 Å². The number of aliphatic hydroxyl groups is 2. The lowest BCUT2D eigenvalue weighted by atomic mass is 9.46. The van der Waals surface area contributed by atoms with Gasteiger partial charge in [-0.05, 0) is 118 Å². The molecule has 0 aromatic carbocycles. The molecule has 0 bridgehead atoms. The van der Waals surface area contributed by atoms with Crippen LogP contribution in [0.4, 0.5) is 13.2 Å². The molecule has 0 amide bonds. The Bertz CT molecular complexity index is 770. The quantitative estimate of drug-likeness (QED) is 0.410. The highest BCUT2D eigenvalue weighted by Crippen LogP contribution is 2.67. The van der Waals surface area contributed by atoms with Crippen molar-refractivity contribution >= 4 is 0 Å². The van der Waals surface area contributed by atoms with E-state index in [2.05, 4.69) is 26.8 Å². The van der Waals surface area contributed by atoms with E-state index >= 15 is 0 Å². The molecule has 0 aromatic rings. The van der Waals surface area contributed by atoms with Crippen LogP contribution < -0.4 is 0 Å². The first-order valence-electron chi connectivity index (χ1n) is 13.3. The summed E-state index contributed by atoms with van der Waals surface area (Å²) in [7, 11) is 0. The van der Waals surface area contributed by atoms with Crippen molar-refractivity contribution in [2.45, 2.75) is 123 Å². The van der Waals surface area contributed by atoms with Crippen molar-refractivity contribution in [3.8, 4) is 0 Å². The maximum atomic E-state index is 13.0. The van der Waals surface area contributed by atoms with Crippen LogP contribution in [0.3, 0.4) is 0 Å². The van der Waals surface area contributed by atoms with Gasteiger partial charge in [0.15, 0.2) is 5.60 Å². The van der Waals surface area contributed by atoms with Crippen LogP contribution in [-0.2, 0) is 0 Å². The lowest BCUT2D eigenvalue weighted by molar-refractivity contribution is -0.255. The van der Waals surface area contributed by atoms with Crippen LogP contribution in [0.2, 0.25) is 0 Å². The average Bonchev–Trinajstić information content (AvgIpc) is 3.04. The van der Waals surface area contributed by atoms with Crippen LogP contribution in [0.1, 0.15) is 105 Å². The topological polar surface area (TPSA) is 40.5 Å². The third kappa shape index (κ3) is 4.32. The molecule has 3 fully saturated rings. The normalized spacial score (nSPS) is 45.9. The molecule has 0 saturated heterocycles. The molecule has 2 N–H and O–H groups in total. The number of alkyl halides is 3. The first kappa shape index (κ1) is 25.5. The van der Waals surface area contributed by atoms with Crippen molar-refractivity contribution in [3.63, 3.8) is 0 Å². The van der Waals surface area contributed by atoms with Crippen LogP contribution in [0.25, 0.3) is 0 Å². The van der Waals surface area contributed by atoms with Gasteiger partial charge in [-0.2, -0.15) is 13.2 Å². The first-order valence-corrected chi connectivity index (χ1v) is 13.3. The first-order chi connectivity index (χ1) is 15.1. The maximum Gasteiger partial charge on any atom is 0.416 e. The summed E-state index contributed by atoms with van der Waals surface area (Å²) in [6.07, 6.45) is 7.64. The fourth-order valence-electron chi connectivity index (χ4n) is 8.89. The summed E-state index contributed by atoms with van der Waals surface area (Å²) in [5, 5.41) is 20.5. The highest BCUT2D eigenvalue weighted by Gasteiger charge is 2.59. The van der Waals surface area contributed by atoms with Gasteiger partial charge in [-0.1, -0.05) is 38.8 Å². The van der Waals surface area contributed by atoms with E-state index in [1.54, 1.807) is 0 Å². The third-order valence-electron chi connectivity index (χ3n) is 11.1. The standard InChI is InChI=1S/C28H45F3O2/c1-18(7-6-13-27(5,33)28(29,30)31)21-10-11-22-20-9-8-19-17-24(2,32)15-16-25(19,3)23(20)12-14-26(21,22)4/h8,18,20-23,32-33H,6-7,9-17H2,1-5H3/t18-,20?,21-,22+,23+,24+,25+,26-,27?/m1/s1. The lowest BCUT2D eigenvalue weighted by Gasteiger charge is -2.59. The predicted octanol–water partition coefficient (Wildman–Crippen LogP) is 7.44. The molecule has 0 heterocycles. The molecule has 2 unspecified atom stereocenters. The monoisotopic (exact) mass is 470 g/mol. The molecule has 2 nitrogen and oxygen atoms in total. The summed E-state index contributed by atoms with van der Waals surface area (Å²) in [6, 6.07) is 0. The van der Waals surface area contributed by atoms with Gasteiger partial charge < -0.3 is 10.2 Å². The zero-order valence-corrected chi connectivity index (χ0v) is 21.3. The van der Waals surface area contributed by atoms with E-state index in [-0.39, 0.29) is 17.3 Å². The Kier molecular flexibility index (Phi) is 6.39. The van der Waals surface area contributed by atoms with Gasteiger partial charge in [0.25, 0.3) is 0 Å². The van der Waals surface area contributed by atoms with Gasteiger partial charge in [0, 0.05) is 0 Å². The second-order valence-corrected chi connectivity index (χ2v) is 13.3. The van der Waals surface area contributed by atoms with E-state index in [4.69, 9.17) is 0 Å². The Hall–Kier alpha value is -0.550. The fraction of sp³-hybridized carbons (Fsp3) is 0.929. The molecule has 9 atom stereocenters. The molecule has 190 valence electrons. The minimum atomic E-state index is -4.56. The zero-order valence-electron chi connectivity index (χ0n) is 21.3. The third-order valence-corrected chi connectivity index (χ3v) is 11.1. The van der Waals surface area contributed by atoms with Gasteiger partial charge in [-0.15, -0.1) is 0 Å². The highest BCUT2D eigenvalue weighted by molar-refractivity contribution is 5.26. The van der Waals surface area contributed by atoms with Crippen molar-refractivity contribution in [2.75, 3.05) is 0 Å². The summed E-state index contributed by atoms with van der Waals surface area (Å²) in [6.45, 7) is 10.0. The number of halogens is 3. The van der Waals surface area contributed by atoms with Crippen molar-refractivity contribution in [1.29, 1.82) is 0 Å². The van der Waals surface area contributed by atoms with Gasteiger partial charge in [0.2, 0.25) is 0 Å². The Morgan fingerprint density at radius 3 is 2.42 bits per heavy atom. The Labute approximate surface area is 198 Å². The lowest BCUT2D eigenvalue weighted by Crippen LogP contribution is -2.52. The Morgan fingerprint density at radius 1 is 1.06 bits per heavy atom. The summed E-state index contributed by atoms with van der Waals surface area (Å²) < 4.78 is 39.1. The SMILES string of the molecule is C[C@H](CCCC(C)(O)C(F)(F)F)[C@H]1CC[C@H]2C3CC=C4C[C@@](C)(O)CC[C@]4(C)[C@H]3CC[C@]12C. The van der Waals surface area contributed by atoms with Crippen LogP contribution in [0, 0.1) is 40.4 Å². The second kappa shape index (κ2) is 8.25. The van der Waals surface area contributed by atoms with E-state index in [0.29, 0.717) is 36.0 Å². The van der Waals surface area contributed by atoms with Gasteiger partial charge in [-0.25, -0.2) is 0 Å². The van der Waals surface area contributed by atoms with Gasteiger partial charge in [0.05, 0.1) is 5.60 Å². The zero-order chi connectivity index (χ0) is 24.4. The van der Waals surface area contributed by atoms with Gasteiger partial charge >= 0.3 is 6.18 Å². The van der Waals surface area contributed by atoms with Crippen LogP contribution in [0.15, 0.2) is 11.6 Å². The summed E-state index contributed by atoms with van der Waals surface area (Å²) in [5.41, 5.74) is -1.16. The van der Waals surface area contributed by atoms with Crippen LogP contribution in [0.5, 0.6) is 0 Å². The molecular formula is C28H45F3O2. The molecule has 5 heteroatoms. The molecule has 3 saturated carbocycles. The molecule has 4 rings (SSSR count). The molecule has 33 heavy (non-hydrogen) atoms. The van der Waals surface area contributed by atoms with Crippen molar-refractivity contribution in [2.24, 2.45) is 40.4 Å².